The standard InChI is InChI=1S/C20H20N4O2/c1-13(25)14-11-17(21-12-14)19(26)23-20-22-16-9-5-6-10-18(16)24(20)15-7-3-2-4-8-15/h2-10,14,17,21H,11-12H2,1H3,(H,22,23,26). The van der Waals surface area contributed by atoms with Gasteiger partial charge in [0, 0.05) is 18.2 Å². The molecule has 2 heterocycles. The second kappa shape index (κ2) is 6.72. The number of hydrogen-bond acceptors (Lipinski definition) is 4. The molecule has 26 heavy (non-hydrogen) atoms. The Morgan fingerprint density at radius 2 is 1.85 bits per heavy atom. The van der Waals surface area contributed by atoms with Crippen molar-refractivity contribution in [2.75, 3.05) is 11.9 Å². The number of hydrogen-bond donors (Lipinski definition) is 2. The molecule has 0 spiro atoms. The van der Waals surface area contributed by atoms with E-state index >= 15 is 0 Å². The van der Waals surface area contributed by atoms with Gasteiger partial charge in [-0.2, -0.15) is 0 Å². The van der Waals surface area contributed by atoms with Crippen molar-refractivity contribution in [3.63, 3.8) is 0 Å². The summed E-state index contributed by atoms with van der Waals surface area (Å²) < 4.78 is 1.94. The Morgan fingerprint density at radius 1 is 1.12 bits per heavy atom. The molecule has 132 valence electrons. The normalized spacial score (nSPS) is 19.6. The van der Waals surface area contributed by atoms with Gasteiger partial charge < -0.3 is 5.32 Å². The average Bonchev–Trinajstić information content (AvgIpc) is 3.27. The molecule has 0 bridgehead atoms. The Balaban J connectivity index is 1.67. The molecule has 4 rings (SSSR count). The number of aromatic nitrogens is 2. The molecule has 2 aromatic carbocycles. The van der Waals surface area contributed by atoms with Gasteiger partial charge in [-0.15, -0.1) is 0 Å². The number of rotatable bonds is 4. The first kappa shape index (κ1) is 16.5. The van der Waals surface area contributed by atoms with Crippen LogP contribution in [0.2, 0.25) is 0 Å². The van der Waals surface area contributed by atoms with Crippen molar-refractivity contribution in [1.82, 2.24) is 14.9 Å². The predicted octanol–water partition coefficient (Wildman–Crippen LogP) is 2.53. The fourth-order valence-electron chi connectivity index (χ4n) is 3.39. The van der Waals surface area contributed by atoms with Gasteiger partial charge in [0.1, 0.15) is 5.78 Å². The molecule has 1 aromatic heterocycles. The zero-order chi connectivity index (χ0) is 18.1. The van der Waals surface area contributed by atoms with Crippen LogP contribution in [0, 0.1) is 5.92 Å². The number of anilines is 1. The Hall–Kier alpha value is -2.99. The monoisotopic (exact) mass is 348 g/mol. The number of carbonyl (C=O) groups excluding carboxylic acids is 2. The first-order valence-corrected chi connectivity index (χ1v) is 8.71. The lowest BCUT2D eigenvalue weighted by Crippen LogP contribution is -2.36. The summed E-state index contributed by atoms with van der Waals surface area (Å²) in [7, 11) is 0. The SMILES string of the molecule is CC(=O)C1CNC(C(=O)Nc2nc3ccccc3n2-c2ccccc2)C1. The predicted molar refractivity (Wildman–Crippen MR) is 100 cm³/mol. The zero-order valence-corrected chi connectivity index (χ0v) is 14.5. The average molecular weight is 348 g/mol. The molecule has 1 saturated heterocycles. The van der Waals surface area contributed by atoms with Crippen molar-refractivity contribution >= 4 is 28.7 Å². The van der Waals surface area contributed by atoms with Crippen molar-refractivity contribution in [3.8, 4) is 5.69 Å². The van der Waals surface area contributed by atoms with Gasteiger partial charge in [-0.3, -0.25) is 19.5 Å². The zero-order valence-electron chi connectivity index (χ0n) is 14.5. The second-order valence-electron chi connectivity index (χ2n) is 6.59. The van der Waals surface area contributed by atoms with Gasteiger partial charge in [0.25, 0.3) is 0 Å². The van der Waals surface area contributed by atoms with Gasteiger partial charge in [-0.1, -0.05) is 30.3 Å². The summed E-state index contributed by atoms with van der Waals surface area (Å²) >= 11 is 0. The Kier molecular flexibility index (Phi) is 4.26. The van der Waals surface area contributed by atoms with E-state index in [-0.39, 0.29) is 23.7 Å². The Labute approximate surface area is 151 Å². The Bertz CT molecular complexity index is 964. The number of carbonyl (C=O) groups is 2. The smallest absolute Gasteiger partial charge is 0.243 e. The molecule has 1 aliphatic heterocycles. The van der Waals surface area contributed by atoms with Crippen LogP contribution in [0.1, 0.15) is 13.3 Å². The largest absolute Gasteiger partial charge is 0.305 e. The molecule has 1 aliphatic rings. The minimum absolute atomic E-state index is 0.0984. The van der Waals surface area contributed by atoms with Gasteiger partial charge in [-0.05, 0) is 37.6 Å². The molecule has 0 radical (unpaired) electrons. The van der Waals surface area contributed by atoms with E-state index in [4.69, 9.17) is 0 Å². The number of nitrogens with one attached hydrogen (secondary N) is 2. The van der Waals surface area contributed by atoms with E-state index in [1.165, 1.54) is 0 Å². The summed E-state index contributed by atoms with van der Waals surface area (Å²) in [6.45, 7) is 2.12. The lowest BCUT2D eigenvalue weighted by atomic mass is 10.0. The van der Waals surface area contributed by atoms with Gasteiger partial charge in [-0.25, -0.2) is 4.98 Å². The highest BCUT2D eigenvalue weighted by Gasteiger charge is 2.32. The summed E-state index contributed by atoms with van der Waals surface area (Å²) in [6.07, 6.45) is 0.521. The highest BCUT2D eigenvalue weighted by molar-refractivity contribution is 5.96. The van der Waals surface area contributed by atoms with E-state index in [9.17, 15) is 9.59 Å². The van der Waals surface area contributed by atoms with E-state index in [1.54, 1.807) is 6.92 Å². The lowest BCUT2D eigenvalue weighted by Gasteiger charge is -2.13. The third kappa shape index (κ3) is 2.99. The molecule has 2 N–H and O–H groups in total. The van der Waals surface area contributed by atoms with Gasteiger partial charge in [0.05, 0.1) is 17.1 Å². The first-order chi connectivity index (χ1) is 12.6. The molecule has 3 aromatic rings. The minimum atomic E-state index is -0.382. The summed E-state index contributed by atoms with van der Waals surface area (Å²) in [5.74, 6) is 0.333. The molecule has 2 atom stereocenters. The number of para-hydroxylation sites is 3. The maximum atomic E-state index is 12.7. The molecule has 0 aliphatic carbocycles. The molecule has 1 fully saturated rings. The molecule has 6 heteroatoms. The fourth-order valence-corrected chi connectivity index (χ4v) is 3.39. The lowest BCUT2D eigenvalue weighted by molar-refractivity contribution is -0.120. The molecule has 0 saturated carbocycles. The topological polar surface area (TPSA) is 76.0 Å². The third-order valence-corrected chi connectivity index (χ3v) is 4.83. The van der Waals surface area contributed by atoms with Crippen LogP contribution in [0.5, 0.6) is 0 Å². The van der Waals surface area contributed by atoms with Crippen molar-refractivity contribution in [2.24, 2.45) is 5.92 Å². The molecular weight excluding hydrogens is 328 g/mol. The summed E-state index contributed by atoms with van der Waals surface area (Å²) in [5.41, 5.74) is 2.67. The van der Waals surface area contributed by atoms with Crippen molar-refractivity contribution < 1.29 is 9.59 Å². The number of nitrogens with zero attached hydrogens (tertiary/aromatic N) is 2. The first-order valence-electron chi connectivity index (χ1n) is 8.71. The summed E-state index contributed by atoms with van der Waals surface area (Å²) in [4.78, 5) is 28.8. The number of Topliss-reactive ketones (excluding diaryl/α,β-unsaturated/α-hetero) is 1. The van der Waals surface area contributed by atoms with Gasteiger partial charge in [0.15, 0.2) is 0 Å². The maximum Gasteiger partial charge on any atom is 0.243 e. The van der Waals surface area contributed by atoms with Crippen molar-refractivity contribution in [1.29, 1.82) is 0 Å². The molecule has 6 nitrogen and oxygen atoms in total. The molecule has 1 amide bonds. The van der Waals surface area contributed by atoms with Crippen LogP contribution < -0.4 is 10.6 Å². The Morgan fingerprint density at radius 3 is 2.58 bits per heavy atom. The number of ketones is 1. The van der Waals surface area contributed by atoms with E-state index in [2.05, 4.69) is 15.6 Å². The van der Waals surface area contributed by atoms with Crippen LogP contribution in [-0.2, 0) is 9.59 Å². The molecule has 2 unspecified atom stereocenters. The molecular formula is C20H20N4O2. The van der Waals surface area contributed by atoms with Crippen molar-refractivity contribution in [2.45, 2.75) is 19.4 Å². The van der Waals surface area contributed by atoms with E-state index in [1.807, 2.05) is 59.2 Å². The van der Waals surface area contributed by atoms with Crippen molar-refractivity contribution in [3.05, 3.63) is 54.6 Å². The highest BCUT2D eigenvalue weighted by atomic mass is 16.2. The van der Waals surface area contributed by atoms with E-state index in [0.29, 0.717) is 18.9 Å². The third-order valence-electron chi connectivity index (χ3n) is 4.83. The fraction of sp³-hybridized carbons (Fsp3) is 0.250. The number of amides is 1. The van der Waals surface area contributed by atoms with Crippen LogP contribution in [0.15, 0.2) is 54.6 Å². The summed E-state index contributed by atoms with van der Waals surface area (Å²) in [6, 6.07) is 17.2. The van der Waals surface area contributed by atoms with E-state index < -0.39 is 0 Å². The number of imidazole rings is 1. The van der Waals surface area contributed by atoms with Crippen LogP contribution in [0.4, 0.5) is 5.95 Å². The number of fused-ring (bicyclic) bond motifs is 1. The van der Waals surface area contributed by atoms with Crippen LogP contribution in [0.25, 0.3) is 16.7 Å². The quantitative estimate of drug-likeness (QED) is 0.760. The van der Waals surface area contributed by atoms with Crippen LogP contribution >= 0.6 is 0 Å². The van der Waals surface area contributed by atoms with Gasteiger partial charge in [0.2, 0.25) is 11.9 Å². The second-order valence-corrected chi connectivity index (χ2v) is 6.59. The van der Waals surface area contributed by atoms with Crippen LogP contribution in [-0.4, -0.2) is 33.8 Å². The van der Waals surface area contributed by atoms with E-state index in [0.717, 1.165) is 16.7 Å². The van der Waals surface area contributed by atoms with Crippen LogP contribution in [0.3, 0.4) is 0 Å². The maximum absolute atomic E-state index is 12.7. The number of benzene rings is 2. The summed E-state index contributed by atoms with van der Waals surface area (Å²) in [5, 5.41) is 6.07. The van der Waals surface area contributed by atoms with Gasteiger partial charge >= 0.3 is 0 Å². The minimum Gasteiger partial charge on any atom is -0.305 e. The highest BCUT2D eigenvalue weighted by Crippen LogP contribution is 2.25.